The van der Waals surface area contributed by atoms with Gasteiger partial charge in [-0.3, -0.25) is 0 Å². The lowest BCUT2D eigenvalue weighted by Gasteiger charge is -2.03. The van der Waals surface area contributed by atoms with Crippen molar-refractivity contribution in [3.05, 3.63) is 59.2 Å². The molecule has 0 radical (unpaired) electrons. The number of halogens is 1. The van der Waals surface area contributed by atoms with E-state index in [0.717, 1.165) is 21.9 Å². The summed E-state index contributed by atoms with van der Waals surface area (Å²) in [5.41, 5.74) is 3.18. The largest absolute Gasteiger partial charge is 0.233 e. The van der Waals surface area contributed by atoms with Crippen LogP contribution in [0.4, 0.5) is 0 Å². The molecule has 0 spiro atoms. The molecule has 3 rings (SSSR count). The molecular weight excluding hydrogens is 232 g/mol. The molecule has 0 aliphatic rings. The first-order valence-corrected chi connectivity index (χ1v) is 5.84. The zero-order valence-electron chi connectivity index (χ0n) is 9.39. The van der Waals surface area contributed by atoms with Gasteiger partial charge in [-0.1, -0.05) is 29.8 Å². The first kappa shape index (κ1) is 10.4. The van der Waals surface area contributed by atoms with Crippen LogP contribution in [0.25, 0.3) is 16.6 Å². The van der Waals surface area contributed by atoms with Crippen molar-refractivity contribution in [2.24, 2.45) is 0 Å². The summed E-state index contributed by atoms with van der Waals surface area (Å²) in [4.78, 5) is 0. The zero-order chi connectivity index (χ0) is 11.8. The summed E-state index contributed by atoms with van der Waals surface area (Å²) in [5.74, 6) is 0. The summed E-state index contributed by atoms with van der Waals surface area (Å²) in [7, 11) is 0. The number of hydrogen-bond donors (Lipinski definition) is 0. The second-order valence-electron chi connectivity index (χ2n) is 3.99. The van der Waals surface area contributed by atoms with E-state index in [4.69, 9.17) is 11.6 Å². The number of hydrogen-bond acceptors (Lipinski definition) is 1. The van der Waals surface area contributed by atoms with Crippen LogP contribution in [0.3, 0.4) is 0 Å². The SMILES string of the molecule is Cc1nn(-c2ccc(Cl)cc2)c2ccccc12. The van der Waals surface area contributed by atoms with E-state index in [9.17, 15) is 0 Å². The molecule has 0 amide bonds. The third-order valence-corrected chi connectivity index (χ3v) is 3.10. The lowest BCUT2D eigenvalue weighted by Crippen LogP contribution is -1.95. The first-order valence-electron chi connectivity index (χ1n) is 5.46. The Morgan fingerprint density at radius 2 is 1.71 bits per heavy atom. The van der Waals surface area contributed by atoms with E-state index in [1.54, 1.807) is 0 Å². The maximum atomic E-state index is 5.89. The van der Waals surface area contributed by atoms with Crippen molar-refractivity contribution in [2.45, 2.75) is 6.92 Å². The summed E-state index contributed by atoms with van der Waals surface area (Å²) in [6, 6.07) is 15.9. The fourth-order valence-electron chi connectivity index (χ4n) is 2.00. The molecule has 3 heteroatoms. The Labute approximate surface area is 104 Å². The Morgan fingerprint density at radius 3 is 2.47 bits per heavy atom. The molecule has 0 saturated carbocycles. The van der Waals surface area contributed by atoms with E-state index in [1.165, 1.54) is 5.39 Å². The molecule has 0 aliphatic carbocycles. The topological polar surface area (TPSA) is 17.8 Å². The van der Waals surface area contributed by atoms with Gasteiger partial charge in [0, 0.05) is 10.4 Å². The molecule has 0 fully saturated rings. The highest BCUT2D eigenvalue weighted by molar-refractivity contribution is 6.30. The van der Waals surface area contributed by atoms with Crippen molar-refractivity contribution in [2.75, 3.05) is 0 Å². The minimum atomic E-state index is 0.738. The van der Waals surface area contributed by atoms with Crippen LogP contribution >= 0.6 is 11.6 Å². The number of aromatic nitrogens is 2. The molecule has 0 saturated heterocycles. The quantitative estimate of drug-likeness (QED) is 0.631. The van der Waals surface area contributed by atoms with Gasteiger partial charge in [0.25, 0.3) is 0 Å². The summed E-state index contributed by atoms with van der Waals surface area (Å²) in [5, 5.41) is 6.48. The first-order chi connectivity index (χ1) is 8.25. The minimum Gasteiger partial charge on any atom is -0.233 e. The fraction of sp³-hybridized carbons (Fsp3) is 0.0714. The third kappa shape index (κ3) is 1.71. The van der Waals surface area contributed by atoms with Gasteiger partial charge in [0.15, 0.2) is 0 Å². The predicted octanol–water partition coefficient (Wildman–Crippen LogP) is 3.99. The van der Waals surface area contributed by atoms with Gasteiger partial charge in [-0.25, -0.2) is 4.68 Å². The summed E-state index contributed by atoms with van der Waals surface area (Å²) < 4.78 is 1.95. The number of aryl methyl sites for hydroxylation is 1. The molecule has 2 aromatic carbocycles. The second kappa shape index (κ2) is 3.90. The van der Waals surface area contributed by atoms with Crippen molar-refractivity contribution in [1.82, 2.24) is 9.78 Å². The lowest BCUT2D eigenvalue weighted by molar-refractivity contribution is 0.889. The molecule has 2 nitrogen and oxygen atoms in total. The van der Waals surface area contributed by atoms with Gasteiger partial charge in [-0.15, -0.1) is 0 Å². The molecule has 1 heterocycles. The smallest absolute Gasteiger partial charge is 0.0743 e. The Hall–Kier alpha value is -1.80. The van der Waals surface area contributed by atoms with Crippen LogP contribution in [0.15, 0.2) is 48.5 Å². The maximum absolute atomic E-state index is 5.89. The van der Waals surface area contributed by atoms with Crippen LogP contribution in [-0.4, -0.2) is 9.78 Å². The van der Waals surface area contributed by atoms with Gasteiger partial charge >= 0.3 is 0 Å². The Kier molecular flexibility index (Phi) is 2.37. The second-order valence-corrected chi connectivity index (χ2v) is 4.43. The Balaban J connectivity index is 2.27. The average molecular weight is 243 g/mol. The van der Waals surface area contributed by atoms with E-state index < -0.39 is 0 Å². The highest BCUT2D eigenvalue weighted by Gasteiger charge is 2.07. The van der Waals surface area contributed by atoms with Gasteiger partial charge < -0.3 is 0 Å². The summed E-state index contributed by atoms with van der Waals surface area (Å²) in [6.45, 7) is 2.02. The maximum Gasteiger partial charge on any atom is 0.0743 e. The van der Waals surface area contributed by atoms with Crippen LogP contribution in [0.5, 0.6) is 0 Å². The van der Waals surface area contributed by atoms with Gasteiger partial charge in [0.05, 0.1) is 16.9 Å². The highest BCUT2D eigenvalue weighted by Crippen LogP contribution is 2.22. The van der Waals surface area contributed by atoms with Crippen molar-refractivity contribution in [3.63, 3.8) is 0 Å². The molecule has 84 valence electrons. The van der Waals surface area contributed by atoms with E-state index in [0.29, 0.717) is 0 Å². The van der Waals surface area contributed by atoms with Gasteiger partial charge in [0.1, 0.15) is 0 Å². The minimum absolute atomic E-state index is 0.738. The van der Waals surface area contributed by atoms with E-state index >= 15 is 0 Å². The van der Waals surface area contributed by atoms with Crippen LogP contribution in [0.1, 0.15) is 5.69 Å². The van der Waals surface area contributed by atoms with Crippen LogP contribution in [-0.2, 0) is 0 Å². The molecule has 0 N–H and O–H groups in total. The molecule has 0 bridgehead atoms. The van der Waals surface area contributed by atoms with Gasteiger partial charge in [-0.05, 0) is 37.3 Å². The number of para-hydroxylation sites is 1. The average Bonchev–Trinajstić information content (AvgIpc) is 2.69. The number of benzene rings is 2. The Bertz CT molecular complexity index is 668. The van der Waals surface area contributed by atoms with Crippen molar-refractivity contribution in [3.8, 4) is 5.69 Å². The molecular formula is C14H11ClN2. The van der Waals surface area contributed by atoms with Gasteiger partial charge in [0.2, 0.25) is 0 Å². The summed E-state index contributed by atoms with van der Waals surface area (Å²) in [6.07, 6.45) is 0. The molecule has 0 atom stereocenters. The number of nitrogens with zero attached hydrogens (tertiary/aromatic N) is 2. The predicted molar refractivity (Wildman–Crippen MR) is 70.8 cm³/mol. The fourth-order valence-corrected chi connectivity index (χ4v) is 2.13. The van der Waals surface area contributed by atoms with E-state index in [2.05, 4.69) is 17.2 Å². The molecule has 0 aliphatic heterocycles. The van der Waals surface area contributed by atoms with Crippen LogP contribution in [0, 0.1) is 6.92 Å². The third-order valence-electron chi connectivity index (χ3n) is 2.84. The van der Waals surface area contributed by atoms with Crippen molar-refractivity contribution >= 4 is 22.5 Å². The summed E-state index contributed by atoms with van der Waals surface area (Å²) >= 11 is 5.89. The van der Waals surface area contributed by atoms with Crippen molar-refractivity contribution in [1.29, 1.82) is 0 Å². The van der Waals surface area contributed by atoms with Gasteiger partial charge in [-0.2, -0.15) is 5.10 Å². The molecule has 0 unspecified atom stereocenters. The lowest BCUT2D eigenvalue weighted by atomic mass is 10.2. The van der Waals surface area contributed by atoms with Crippen LogP contribution < -0.4 is 0 Å². The highest BCUT2D eigenvalue weighted by atomic mass is 35.5. The standard InChI is InChI=1S/C14H11ClN2/c1-10-13-4-2-3-5-14(13)17(16-10)12-8-6-11(15)7-9-12/h2-9H,1H3. The van der Waals surface area contributed by atoms with E-state index in [1.807, 2.05) is 48.0 Å². The monoisotopic (exact) mass is 242 g/mol. The normalized spacial score (nSPS) is 10.9. The number of rotatable bonds is 1. The zero-order valence-corrected chi connectivity index (χ0v) is 10.1. The van der Waals surface area contributed by atoms with E-state index in [-0.39, 0.29) is 0 Å². The molecule has 1 aromatic heterocycles. The Morgan fingerprint density at radius 1 is 1.00 bits per heavy atom. The number of fused-ring (bicyclic) bond motifs is 1. The van der Waals surface area contributed by atoms with Crippen LogP contribution in [0.2, 0.25) is 5.02 Å². The molecule has 17 heavy (non-hydrogen) atoms. The van der Waals surface area contributed by atoms with Crippen molar-refractivity contribution < 1.29 is 0 Å². The molecule has 3 aromatic rings.